The van der Waals surface area contributed by atoms with Gasteiger partial charge in [0.05, 0.1) is 11.2 Å². The molecular weight excluding hydrogens is 418 g/mol. The van der Waals surface area contributed by atoms with Gasteiger partial charge in [-0.05, 0) is 40.6 Å². The van der Waals surface area contributed by atoms with Crippen LogP contribution in [0.15, 0.2) is 137 Å². The van der Waals surface area contributed by atoms with Gasteiger partial charge in [-0.25, -0.2) is 4.98 Å². The van der Waals surface area contributed by atoms with Crippen molar-refractivity contribution in [2.45, 2.75) is 9.79 Å². The van der Waals surface area contributed by atoms with Crippen LogP contribution in [0.4, 0.5) is 0 Å². The normalized spacial score (nSPS) is 11.2. The van der Waals surface area contributed by atoms with Crippen molar-refractivity contribution in [2.75, 3.05) is 0 Å². The Bertz CT molecular complexity index is 1570. The van der Waals surface area contributed by atoms with Crippen molar-refractivity contribution in [1.82, 2.24) is 4.98 Å². The average Bonchev–Trinajstić information content (AvgIpc) is 2.89. The second kappa shape index (κ2) is 8.57. The number of rotatable bonds is 4. The predicted molar refractivity (Wildman–Crippen MR) is 141 cm³/mol. The van der Waals surface area contributed by atoms with E-state index < -0.39 is 0 Å². The fourth-order valence-corrected chi connectivity index (χ4v) is 5.44. The molecule has 0 atom stereocenters. The fourth-order valence-electron chi connectivity index (χ4n) is 4.32. The number of aromatic nitrogens is 1. The Morgan fingerprint density at radius 3 is 2.00 bits per heavy atom. The molecule has 0 fully saturated rings. The van der Waals surface area contributed by atoms with Gasteiger partial charge in [-0.3, -0.25) is 0 Å². The van der Waals surface area contributed by atoms with E-state index in [-0.39, 0.29) is 0 Å². The van der Waals surface area contributed by atoms with Crippen LogP contribution in [0.2, 0.25) is 0 Å². The van der Waals surface area contributed by atoms with E-state index in [0.717, 1.165) is 16.8 Å². The molecule has 0 N–H and O–H groups in total. The van der Waals surface area contributed by atoms with Crippen molar-refractivity contribution in [1.29, 1.82) is 0 Å². The molecule has 0 aliphatic heterocycles. The molecular formula is C31H21NS. The predicted octanol–water partition coefficient (Wildman–Crippen LogP) is 8.87. The van der Waals surface area contributed by atoms with E-state index in [1.54, 1.807) is 11.8 Å². The molecule has 5 aromatic carbocycles. The van der Waals surface area contributed by atoms with Gasteiger partial charge in [0.25, 0.3) is 0 Å². The van der Waals surface area contributed by atoms with Crippen LogP contribution in [0.3, 0.4) is 0 Å². The van der Waals surface area contributed by atoms with Crippen molar-refractivity contribution >= 4 is 33.4 Å². The number of hydrogen-bond acceptors (Lipinski definition) is 2. The van der Waals surface area contributed by atoms with Gasteiger partial charge in [-0.15, -0.1) is 0 Å². The van der Waals surface area contributed by atoms with Crippen LogP contribution in [0.5, 0.6) is 0 Å². The quantitative estimate of drug-likeness (QED) is 0.272. The molecule has 1 heterocycles. The maximum atomic E-state index is 5.17. The van der Waals surface area contributed by atoms with E-state index in [0.29, 0.717) is 0 Å². The number of nitrogens with zero attached hydrogens (tertiary/aromatic N) is 1. The Morgan fingerprint density at radius 1 is 0.515 bits per heavy atom. The molecule has 0 saturated heterocycles. The van der Waals surface area contributed by atoms with Crippen LogP contribution in [0.1, 0.15) is 0 Å². The fraction of sp³-hybridized carbons (Fsp3) is 0. The lowest BCUT2D eigenvalue weighted by molar-refractivity contribution is 1.29. The van der Waals surface area contributed by atoms with Crippen LogP contribution < -0.4 is 0 Å². The highest BCUT2D eigenvalue weighted by molar-refractivity contribution is 7.99. The SMILES string of the molecule is c1ccc(Sc2c(-c3ccccc3)nc3ccccc3c2-c2ccc3ccccc3c2)cc1. The first-order chi connectivity index (χ1) is 16.4. The Hall–Kier alpha value is -3.88. The number of para-hydroxylation sites is 1. The number of benzene rings is 5. The second-order valence-corrected chi connectivity index (χ2v) is 9.11. The lowest BCUT2D eigenvalue weighted by Gasteiger charge is -2.18. The summed E-state index contributed by atoms with van der Waals surface area (Å²) in [5, 5.41) is 3.67. The third kappa shape index (κ3) is 3.79. The topological polar surface area (TPSA) is 12.9 Å². The highest BCUT2D eigenvalue weighted by Gasteiger charge is 2.19. The van der Waals surface area contributed by atoms with E-state index in [1.807, 2.05) is 0 Å². The highest BCUT2D eigenvalue weighted by atomic mass is 32.2. The number of pyridine rings is 1. The summed E-state index contributed by atoms with van der Waals surface area (Å²) in [7, 11) is 0. The molecule has 6 aromatic rings. The van der Waals surface area contributed by atoms with Gasteiger partial charge >= 0.3 is 0 Å². The summed E-state index contributed by atoms with van der Waals surface area (Å²) in [6.45, 7) is 0. The third-order valence-electron chi connectivity index (χ3n) is 5.90. The minimum absolute atomic E-state index is 1.01. The summed E-state index contributed by atoms with van der Waals surface area (Å²) >= 11 is 1.79. The molecule has 1 nitrogen and oxygen atoms in total. The van der Waals surface area contributed by atoms with Crippen molar-refractivity contribution in [3.63, 3.8) is 0 Å². The first kappa shape index (κ1) is 19.8. The molecule has 2 heteroatoms. The van der Waals surface area contributed by atoms with Crippen molar-refractivity contribution in [3.05, 3.63) is 127 Å². The third-order valence-corrected chi connectivity index (χ3v) is 7.01. The lowest BCUT2D eigenvalue weighted by Crippen LogP contribution is -1.95. The molecule has 156 valence electrons. The van der Waals surface area contributed by atoms with Gasteiger partial charge in [0, 0.05) is 26.3 Å². The monoisotopic (exact) mass is 439 g/mol. The maximum Gasteiger partial charge on any atom is 0.0855 e. The standard InChI is InChI=1S/C31H21NS/c1-3-12-23(13-4-1)30-31(33-26-15-5-2-6-16-26)29(27-17-9-10-18-28(27)32-30)25-20-19-22-11-7-8-14-24(22)21-25/h1-21H. The minimum atomic E-state index is 1.01. The largest absolute Gasteiger partial charge is 0.247 e. The molecule has 33 heavy (non-hydrogen) atoms. The lowest BCUT2D eigenvalue weighted by atomic mass is 9.96. The summed E-state index contributed by atoms with van der Waals surface area (Å²) in [5.74, 6) is 0. The van der Waals surface area contributed by atoms with Gasteiger partial charge in [0.2, 0.25) is 0 Å². The van der Waals surface area contributed by atoms with Gasteiger partial charge in [-0.1, -0.05) is 115 Å². The van der Waals surface area contributed by atoms with E-state index in [9.17, 15) is 0 Å². The van der Waals surface area contributed by atoms with E-state index in [2.05, 4.69) is 127 Å². The summed E-state index contributed by atoms with van der Waals surface area (Å²) in [6.07, 6.45) is 0. The second-order valence-electron chi connectivity index (χ2n) is 8.02. The van der Waals surface area contributed by atoms with Crippen LogP contribution in [0, 0.1) is 0 Å². The van der Waals surface area contributed by atoms with Crippen LogP contribution in [-0.2, 0) is 0 Å². The highest BCUT2D eigenvalue weighted by Crippen LogP contribution is 2.45. The zero-order valence-corrected chi connectivity index (χ0v) is 18.8. The summed E-state index contributed by atoms with van der Waals surface area (Å²) in [5.41, 5.74) is 5.61. The van der Waals surface area contributed by atoms with E-state index >= 15 is 0 Å². The molecule has 0 aliphatic rings. The molecule has 0 spiro atoms. The number of hydrogen-bond donors (Lipinski definition) is 0. The molecule has 0 aliphatic carbocycles. The molecule has 0 bridgehead atoms. The molecule has 0 saturated carbocycles. The average molecular weight is 440 g/mol. The summed E-state index contributed by atoms with van der Waals surface area (Å²) in [4.78, 5) is 7.55. The van der Waals surface area contributed by atoms with Crippen LogP contribution >= 0.6 is 11.8 Å². The number of fused-ring (bicyclic) bond motifs is 2. The van der Waals surface area contributed by atoms with Crippen molar-refractivity contribution in [2.24, 2.45) is 0 Å². The molecule has 0 unspecified atom stereocenters. The van der Waals surface area contributed by atoms with Gasteiger partial charge < -0.3 is 0 Å². The van der Waals surface area contributed by atoms with Crippen molar-refractivity contribution < 1.29 is 0 Å². The Balaban J connectivity index is 1.70. The van der Waals surface area contributed by atoms with Crippen LogP contribution in [0.25, 0.3) is 44.1 Å². The minimum Gasteiger partial charge on any atom is -0.247 e. The smallest absolute Gasteiger partial charge is 0.0855 e. The van der Waals surface area contributed by atoms with Gasteiger partial charge in [-0.2, -0.15) is 0 Å². The van der Waals surface area contributed by atoms with E-state index in [1.165, 1.54) is 37.1 Å². The van der Waals surface area contributed by atoms with Gasteiger partial charge in [0.15, 0.2) is 0 Å². The molecule has 0 amide bonds. The zero-order chi connectivity index (χ0) is 22.0. The Kier molecular flexibility index (Phi) is 5.14. The molecule has 0 radical (unpaired) electrons. The van der Waals surface area contributed by atoms with Crippen molar-refractivity contribution in [3.8, 4) is 22.4 Å². The zero-order valence-electron chi connectivity index (χ0n) is 18.0. The van der Waals surface area contributed by atoms with Gasteiger partial charge in [0.1, 0.15) is 0 Å². The van der Waals surface area contributed by atoms with E-state index in [4.69, 9.17) is 4.98 Å². The Labute approximate surface area is 197 Å². The summed E-state index contributed by atoms with van der Waals surface area (Å²) < 4.78 is 0. The summed E-state index contributed by atoms with van der Waals surface area (Å²) in [6, 6.07) is 44.9. The molecule has 1 aromatic heterocycles. The Morgan fingerprint density at radius 2 is 1.18 bits per heavy atom. The first-order valence-electron chi connectivity index (χ1n) is 11.1. The van der Waals surface area contributed by atoms with Crippen LogP contribution in [-0.4, -0.2) is 4.98 Å². The molecule has 6 rings (SSSR count). The maximum absolute atomic E-state index is 5.17. The first-order valence-corrected chi connectivity index (χ1v) is 11.9.